The predicted molar refractivity (Wildman–Crippen MR) is 381 cm³/mol. The number of fused-ring (bicyclic) bond motifs is 8. The zero-order valence-electron chi connectivity index (χ0n) is 56.4. The number of hydrogen-bond donors (Lipinski definition) is 4. The maximum Gasteiger partial charge on any atom is 2.00 e. The Labute approximate surface area is 565 Å². The van der Waals surface area contributed by atoms with E-state index in [-0.39, 0.29) is 43.1 Å². The second-order valence-corrected chi connectivity index (χ2v) is 25.2. The minimum atomic E-state index is -0.113. The molecule has 13 heteroatoms. The number of carbonyl (C=O) groups is 4. The van der Waals surface area contributed by atoms with Crippen LogP contribution in [0.1, 0.15) is 222 Å². The summed E-state index contributed by atoms with van der Waals surface area (Å²) in [6, 6.07) is 38.9. The molecule has 12 nitrogen and oxygen atoms in total. The molecular weight excluding hydrogens is 1200 g/mol. The van der Waals surface area contributed by atoms with E-state index in [1.807, 2.05) is 146 Å². The van der Waals surface area contributed by atoms with Gasteiger partial charge in [-0.15, -0.1) is 22.1 Å². The van der Waals surface area contributed by atoms with Crippen LogP contribution in [0.4, 0.5) is 0 Å². The molecule has 0 radical (unpaired) electrons. The third-order valence-electron chi connectivity index (χ3n) is 18.7. The predicted octanol–water partition coefficient (Wildman–Crippen LogP) is 18.4. The van der Waals surface area contributed by atoms with E-state index in [9.17, 15) is 19.2 Å². The molecule has 4 atom stereocenters. The van der Waals surface area contributed by atoms with E-state index in [1.165, 1.54) is 0 Å². The van der Waals surface area contributed by atoms with Gasteiger partial charge < -0.3 is 31.2 Å². The molecule has 0 aliphatic carbocycles. The number of aromatic nitrogens is 4. The first kappa shape index (κ1) is 70.8. The van der Waals surface area contributed by atoms with Crippen LogP contribution in [-0.4, -0.2) is 59.8 Å². The monoisotopic (exact) mass is 1300 g/mol. The molecule has 2 aliphatic rings. The van der Waals surface area contributed by atoms with E-state index in [4.69, 9.17) is 19.9 Å². The van der Waals surface area contributed by atoms with E-state index in [1.54, 1.807) is 0 Å². The van der Waals surface area contributed by atoms with Gasteiger partial charge in [0.15, 0.2) is 0 Å². The van der Waals surface area contributed by atoms with Gasteiger partial charge in [0.1, 0.15) is 0 Å². The molecule has 0 spiro atoms. The molecule has 4 unspecified atom stereocenters. The molecule has 9 rings (SSSR count). The average Bonchev–Trinajstić information content (AvgIpc) is 1.67. The van der Waals surface area contributed by atoms with Crippen LogP contribution < -0.4 is 31.2 Å². The summed E-state index contributed by atoms with van der Waals surface area (Å²) >= 11 is 0. The van der Waals surface area contributed by atoms with Crippen molar-refractivity contribution >= 4 is 70.0 Å². The Kier molecular flexibility index (Phi) is 26.9. The number of unbranched alkanes of at least 4 members (excludes halogenated alkanes) is 4. The van der Waals surface area contributed by atoms with Gasteiger partial charge in [0, 0.05) is 48.4 Å². The van der Waals surface area contributed by atoms with Crippen molar-refractivity contribution in [2.24, 2.45) is 23.7 Å². The fourth-order valence-corrected chi connectivity index (χ4v) is 12.6. The van der Waals surface area contributed by atoms with Gasteiger partial charge in [0.2, 0.25) is 0 Å². The Morgan fingerprint density at radius 1 is 0.323 bits per heavy atom. The Bertz CT molecular complexity index is 3370. The minimum Gasteiger partial charge on any atom is -0.657 e. The van der Waals surface area contributed by atoms with Crippen molar-refractivity contribution in [3.8, 4) is 44.5 Å². The zero-order chi connectivity index (χ0) is 64.9. The summed E-state index contributed by atoms with van der Waals surface area (Å²) in [5, 5.41) is 12.8. The minimum absolute atomic E-state index is 0. The maximum atomic E-state index is 13.8. The largest absolute Gasteiger partial charge is 2.00 e. The van der Waals surface area contributed by atoms with Crippen molar-refractivity contribution in [3.05, 3.63) is 166 Å². The summed E-state index contributed by atoms with van der Waals surface area (Å²) in [7, 11) is 0. The molecule has 2 aliphatic heterocycles. The van der Waals surface area contributed by atoms with E-state index < -0.39 is 0 Å². The second kappa shape index (κ2) is 35.3. The van der Waals surface area contributed by atoms with Crippen LogP contribution in [0.15, 0.2) is 121 Å². The second-order valence-electron chi connectivity index (χ2n) is 25.2. The standard InChI is InChI=1S/C80H98N8O4.Zn/c1-9-17-21-53(13-5)49-81-77(89)61-33-25-57(26-34-61)73-65-41-43-67(85-65)74(58-27-35-62(36-28-58)78(90)82-50-54(14-6)22-18-10-2)69-45-47-71(87-69)76(60-31-39-64(40-32-60)80(92)84-52-56(16-8)24-20-12-4)72-48-46-70(88-72)75(68-44-42-66(73)86-68)59-29-37-63(38-30-59)79(91)83-51-55(15-7)23-19-11-3;/h25-48,53-56H,9-24,49-52H2,1-8H3,(H6,81,82,83,84,85,86,87,88,89,90,91,92);/q;+2/p-2. The summed E-state index contributed by atoms with van der Waals surface area (Å²) < 4.78 is 0. The number of nitrogens with one attached hydrogen (secondary N) is 4. The van der Waals surface area contributed by atoms with Crippen molar-refractivity contribution in [3.63, 3.8) is 0 Å². The number of benzene rings is 4. The van der Waals surface area contributed by atoms with E-state index >= 15 is 0 Å². The quantitative estimate of drug-likeness (QED) is 0.0302. The van der Waals surface area contributed by atoms with Crippen molar-refractivity contribution in [2.45, 2.75) is 158 Å². The van der Waals surface area contributed by atoms with Crippen LogP contribution in [0.5, 0.6) is 0 Å². The molecule has 93 heavy (non-hydrogen) atoms. The fraction of sp³-hybridized carbons (Fsp3) is 0.400. The van der Waals surface area contributed by atoms with Crippen molar-refractivity contribution in [1.29, 1.82) is 0 Å². The Morgan fingerprint density at radius 2 is 0.527 bits per heavy atom. The SMILES string of the molecule is CCCCC(CC)CNC(=O)c1ccc(-c2c3nc(c(-c4ccc(C(=O)NCC(CC)CCCC)cc4)c4ccc([n-]4)c(-c4ccc(C(=O)NCC(CC)CCCC)cc4)c4nc(c(-c5ccc(C(=O)NCC(CC)CCCC)cc5)c5ccc2[n-]5)C=C4)C=C3)cc1.[Zn+2]. The molecule has 8 bridgehead atoms. The first-order valence-corrected chi connectivity index (χ1v) is 34.5. The fourth-order valence-electron chi connectivity index (χ4n) is 12.6. The van der Waals surface area contributed by atoms with Crippen LogP contribution in [0.3, 0.4) is 0 Å². The number of rotatable bonds is 32. The summed E-state index contributed by atoms with van der Waals surface area (Å²) in [6.07, 6.45) is 25.4. The number of nitrogens with zero attached hydrogens (tertiary/aromatic N) is 4. The molecule has 4 N–H and O–H groups in total. The molecule has 0 saturated carbocycles. The first-order valence-electron chi connectivity index (χ1n) is 34.5. The molecule has 3 aromatic heterocycles. The van der Waals surface area contributed by atoms with E-state index in [0.717, 1.165) is 147 Å². The molecule has 0 fully saturated rings. The summed E-state index contributed by atoms with van der Waals surface area (Å²) in [5.41, 5.74) is 13.9. The number of carbonyl (C=O) groups excluding carboxylic acids is 4. The third kappa shape index (κ3) is 18.2. The Morgan fingerprint density at radius 3 is 0.710 bits per heavy atom. The van der Waals surface area contributed by atoms with Gasteiger partial charge in [-0.05, 0) is 167 Å². The smallest absolute Gasteiger partial charge is 0.657 e. The Balaban J connectivity index is 0.0000111. The van der Waals surface area contributed by atoms with Gasteiger partial charge in [-0.1, -0.05) is 205 Å². The normalized spacial score (nSPS) is 13.0. The Hall–Kier alpha value is -8.02. The third-order valence-corrected chi connectivity index (χ3v) is 18.7. The van der Waals surface area contributed by atoms with Crippen LogP contribution in [0.2, 0.25) is 0 Å². The van der Waals surface area contributed by atoms with E-state index in [2.05, 4.69) is 76.7 Å². The average molecular weight is 1300 g/mol. The maximum absolute atomic E-state index is 13.8. The molecule has 5 heterocycles. The summed E-state index contributed by atoms with van der Waals surface area (Å²) in [4.78, 5) is 77.0. The van der Waals surface area contributed by atoms with Crippen LogP contribution in [-0.2, 0) is 19.5 Å². The van der Waals surface area contributed by atoms with E-state index in [0.29, 0.717) is 117 Å². The van der Waals surface area contributed by atoms with Gasteiger partial charge in [-0.3, -0.25) is 19.2 Å². The molecular formula is C80H96N8O4Zn. The summed E-state index contributed by atoms with van der Waals surface area (Å²) in [6.45, 7) is 20.0. The van der Waals surface area contributed by atoms with Gasteiger partial charge in [-0.25, -0.2) is 9.97 Å². The van der Waals surface area contributed by atoms with Crippen LogP contribution in [0, 0.1) is 23.7 Å². The van der Waals surface area contributed by atoms with Gasteiger partial charge in [0.25, 0.3) is 23.6 Å². The molecule has 7 aromatic rings. The molecule has 0 saturated heterocycles. The summed E-state index contributed by atoms with van der Waals surface area (Å²) in [5.74, 6) is 1.22. The van der Waals surface area contributed by atoms with Crippen molar-refractivity contribution in [1.82, 2.24) is 41.2 Å². The van der Waals surface area contributed by atoms with Gasteiger partial charge in [-0.2, -0.15) is 0 Å². The van der Waals surface area contributed by atoms with Crippen LogP contribution >= 0.6 is 0 Å². The molecule has 4 amide bonds. The number of amides is 4. The topological polar surface area (TPSA) is 170 Å². The van der Waals surface area contributed by atoms with Gasteiger partial charge in [0.05, 0.1) is 22.8 Å². The van der Waals surface area contributed by atoms with Crippen molar-refractivity contribution < 1.29 is 38.7 Å². The first-order chi connectivity index (χ1) is 44.9. The zero-order valence-corrected chi connectivity index (χ0v) is 59.4. The number of hydrogen-bond acceptors (Lipinski definition) is 6. The molecule has 482 valence electrons. The van der Waals surface area contributed by atoms with Gasteiger partial charge >= 0.3 is 19.5 Å². The van der Waals surface area contributed by atoms with Crippen LogP contribution in [0.25, 0.3) is 90.9 Å². The molecule has 4 aromatic carbocycles. The van der Waals surface area contributed by atoms with Crippen molar-refractivity contribution in [2.75, 3.05) is 26.2 Å².